The normalized spacial score (nSPS) is 10.3. The molecule has 0 unspecified atom stereocenters. The number of benzene rings is 1. The average Bonchev–Trinajstić information content (AvgIpc) is 2.22. The van der Waals surface area contributed by atoms with Crippen molar-refractivity contribution in [3.8, 4) is 0 Å². The van der Waals surface area contributed by atoms with Crippen molar-refractivity contribution < 1.29 is 0 Å². The Bertz CT molecular complexity index is 534. The fourth-order valence-electron chi connectivity index (χ4n) is 1.52. The van der Waals surface area contributed by atoms with E-state index in [1.165, 1.54) is 0 Å². The summed E-state index contributed by atoms with van der Waals surface area (Å²) >= 11 is 5.95. The molecule has 0 amide bonds. The highest BCUT2D eigenvalue weighted by Gasteiger charge is 2.03. The van der Waals surface area contributed by atoms with E-state index < -0.39 is 0 Å². The number of nitrogen functional groups attached to an aromatic ring is 1. The third-order valence-electron chi connectivity index (χ3n) is 2.33. The molecule has 0 radical (unpaired) electrons. The smallest absolute Gasteiger partial charge is 0.222 e. The Hall–Kier alpha value is -1.81. The van der Waals surface area contributed by atoms with E-state index in [4.69, 9.17) is 17.3 Å². The molecule has 88 valence electrons. The summed E-state index contributed by atoms with van der Waals surface area (Å²) in [4.78, 5) is 8.13. The number of nitrogens with one attached hydrogen (secondary N) is 1. The fraction of sp³-hybridized carbons (Fsp3) is 0.167. The Morgan fingerprint density at radius 1 is 1.18 bits per heavy atom. The van der Waals surface area contributed by atoms with E-state index >= 15 is 0 Å². The molecule has 1 aromatic heterocycles. The molecule has 2 aromatic rings. The van der Waals surface area contributed by atoms with Gasteiger partial charge in [0.2, 0.25) is 5.95 Å². The maximum absolute atomic E-state index is 5.95. The van der Waals surface area contributed by atoms with E-state index in [9.17, 15) is 0 Å². The van der Waals surface area contributed by atoms with Crippen molar-refractivity contribution in [2.24, 2.45) is 0 Å². The Morgan fingerprint density at radius 3 is 2.65 bits per heavy atom. The Kier molecular flexibility index (Phi) is 3.15. The highest BCUT2D eigenvalue weighted by Crippen LogP contribution is 2.23. The number of aromatic nitrogens is 2. The monoisotopic (exact) mass is 248 g/mol. The highest BCUT2D eigenvalue weighted by atomic mass is 35.5. The van der Waals surface area contributed by atoms with Gasteiger partial charge in [-0.1, -0.05) is 17.7 Å². The summed E-state index contributed by atoms with van der Waals surface area (Å²) in [6.45, 7) is 3.87. The number of nitrogens with two attached hydrogens (primary N) is 1. The fourth-order valence-corrected chi connectivity index (χ4v) is 1.69. The van der Waals surface area contributed by atoms with Gasteiger partial charge >= 0.3 is 0 Å². The summed E-state index contributed by atoms with van der Waals surface area (Å²) in [5.41, 5.74) is 8.41. The van der Waals surface area contributed by atoms with Crippen LogP contribution in [0.15, 0.2) is 24.3 Å². The molecule has 0 aliphatic heterocycles. The van der Waals surface area contributed by atoms with Crippen molar-refractivity contribution in [2.75, 3.05) is 11.1 Å². The van der Waals surface area contributed by atoms with Gasteiger partial charge < -0.3 is 11.1 Å². The SMILES string of the molecule is Cc1cc(Nc2cc(Cl)ccc2C)nc(N)n1. The molecule has 4 nitrogen and oxygen atoms in total. The molecule has 3 N–H and O–H groups in total. The van der Waals surface area contributed by atoms with E-state index in [0.29, 0.717) is 10.8 Å². The third kappa shape index (κ3) is 2.85. The van der Waals surface area contributed by atoms with Gasteiger partial charge in [-0.15, -0.1) is 0 Å². The molecular weight excluding hydrogens is 236 g/mol. The van der Waals surface area contributed by atoms with Crippen molar-refractivity contribution in [1.82, 2.24) is 9.97 Å². The van der Waals surface area contributed by atoms with Crippen LogP contribution >= 0.6 is 11.6 Å². The zero-order valence-corrected chi connectivity index (χ0v) is 10.4. The van der Waals surface area contributed by atoms with Crippen LogP contribution in [0.25, 0.3) is 0 Å². The van der Waals surface area contributed by atoms with E-state index in [1.807, 2.05) is 38.1 Å². The second-order valence-electron chi connectivity index (χ2n) is 3.84. The van der Waals surface area contributed by atoms with Gasteiger partial charge in [-0.25, -0.2) is 4.98 Å². The summed E-state index contributed by atoms with van der Waals surface area (Å²) < 4.78 is 0. The lowest BCUT2D eigenvalue weighted by Crippen LogP contribution is -2.02. The molecule has 0 spiro atoms. The van der Waals surface area contributed by atoms with Gasteiger partial charge in [-0.05, 0) is 31.5 Å². The predicted octanol–water partition coefficient (Wildman–Crippen LogP) is 3.07. The molecule has 17 heavy (non-hydrogen) atoms. The number of halogens is 1. The largest absolute Gasteiger partial charge is 0.368 e. The van der Waals surface area contributed by atoms with Gasteiger partial charge in [0.1, 0.15) is 5.82 Å². The van der Waals surface area contributed by atoms with E-state index in [-0.39, 0.29) is 5.95 Å². The minimum atomic E-state index is 0.257. The van der Waals surface area contributed by atoms with Crippen molar-refractivity contribution >= 4 is 29.1 Å². The van der Waals surface area contributed by atoms with Crippen LogP contribution < -0.4 is 11.1 Å². The number of hydrogen-bond acceptors (Lipinski definition) is 4. The molecule has 0 saturated carbocycles. The van der Waals surface area contributed by atoms with Crippen LogP contribution in [-0.2, 0) is 0 Å². The minimum Gasteiger partial charge on any atom is -0.368 e. The van der Waals surface area contributed by atoms with Crippen LogP contribution in [-0.4, -0.2) is 9.97 Å². The van der Waals surface area contributed by atoms with Gasteiger partial charge in [0, 0.05) is 22.5 Å². The number of nitrogens with zero attached hydrogens (tertiary/aromatic N) is 2. The van der Waals surface area contributed by atoms with Gasteiger partial charge in [0.05, 0.1) is 0 Å². The molecular formula is C12H13ClN4. The first-order chi connectivity index (χ1) is 8.04. The quantitative estimate of drug-likeness (QED) is 0.857. The standard InChI is InChI=1S/C12H13ClN4/c1-7-3-4-9(13)6-10(7)16-11-5-8(2)15-12(14)17-11/h3-6H,1-2H3,(H3,14,15,16,17). The van der Waals surface area contributed by atoms with Crippen LogP contribution in [0.1, 0.15) is 11.3 Å². The summed E-state index contributed by atoms with van der Waals surface area (Å²) in [7, 11) is 0. The Morgan fingerprint density at radius 2 is 1.94 bits per heavy atom. The number of hydrogen-bond donors (Lipinski definition) is 2. The zero-order valence-electron chi connectivity index (χ0n) is 9.66. The Labute approximate surface area is 105 Å². The lowest BCUT2D eigenvalue weighted by molar-refractivity contribution is 1.12. The van der Waals surface area contributed by atoms with Crippen LogP contribution in [0, 0.1) is 13.8 Å². The predicted molar refractivity (Wildman–Crippen MR) is 70.7 cm³/mol. The molecule has 1 heterocycles. The van der Waals surface area contributed by atoms with Gasteiger partial charge in [-0.3, -0.25) is 0 Å². The summed E-state index contributed by atoms with van der Waals surface area (Å²) in [5.74, 6) is 0.924. The molecule has 5 heteroatoms. The van der Waals surface area contributed by atoms with Crippen LogP contribution in [0.2, 0.25) is 5.02 Å². The second kappa shape index (κ2) is 4.59. The lowest BCUT2D eigenvalue weighted by Gasteiger charge is -2.10. The van der Waals surface area contributed by atoms with Crippen molar-refractivity contribution in [3.05, 3.63) is 40.5 Å². The average molecular weight is 249 g/mol. The van der Waals surface area contributed by atoms with Crippen LogP contribution in [0.5, 0.6) is 0 Å². The van der Waals surface area contributed by atoms with E-state index in [0.717, 1.165) is 16.9 Å². The maximum atomic E-state index is 5.95. The van der Waals surface area contributed by atoms with E-state index in [2.05, 4.69) is 15.3 Å². The highest BCUT2D eigenvalue weighted by molar-refractivity contribution is 6.30. The number of anilines is 3. The van der Waals surface area contributed by atoms with Crippen LogP contribution in [0.4, 0.5) is 17.5 Å². The minimum absolute atomic E-state index is 0.257. The number of rotatable bonds is 2. The zero-order chi connectivity index (χ0) is 12.4. The topological polar surface area (TPSA) is 63.8 Å². The molecule has 0 atom stereocenters. The number of aryl methyl sites for hydroxylation is 2. The van der Waals surface area contributed by atoms with Crippen molar-refractivity contribution in [1.29, 1.82) is 0 Å². The molecule has 0 aliphatic rings. The first-order valence-electron chi connectivity index (χ1n) is 5.19. The molecule has 2 rings (SSSR count). The van der Waals surface area contributed by atoms with Crippen molar-refractivity contribution in [3.63, 3.8) is 0 Å². The van der Waals surface area contributed by atoms with E-state index in [1.54, 1.807) is 0 Å². The second-order valence-corrected chi connectivity index (χ2v) is 4.27. The summed E-state index contributed by atoms with van der Waals surface area (Å²) in [6.07, 6.45) is 0. The van der Waals surface area contributed by atoms with Gasteiger partial charge in [0.25, 0.3) is 0 Å². The molecule has 0 fully saturated rings. The first-order valence-corrected chi connectivity index (χ1v) is 5.57. The maximum Gasteiger partial charge on any atom is 0.222 e. The third-order valence-corrected chi connectivity index (χ3v) is 2.57. The van der Waals surface area contributed by atoms with Crippen molar-refractivity contribution in [2.45, 2.75) is 13.8 Å². The van der Waals surface area contributed by atoms with Gasteiger partial charge in [0.15, 0.2) is 0 Å². The summed E-state index contributed by atoms with van der Waals surface area (Å²) in [6, 6.07) is 7.48. The molecule has 1 aromatic carbocycles. The van der Waals surface area contributed by atoms with Gasteiger partial charge in [-0.2, -0.15) is 4.98 Å². The van der Waals surface area contributed by atoms with Crippen LogP contribution in [0.3, 0.4) is 0 Å². The first kappa shape index (κ1) is 11.7. The summed E-state index contributed by atoms with van der Waals surface area (Å²) in [5, 5.41) is 3.86. The molecule has 0 bridgehead atoms. The molecule has 0 aliphatic carbocycles. The Balaban J connectivity index is 2.34. The molecule has 0 saturated heterocycles. The lowest BCUT2D eigenvalue weighted by atomic mass is 10.2.